The fraction of sp³-hybridized carbons (Fsp3) is 0.0714. The van der Waals surface area contributed by atoms with E-state index in [1.165, 1.54) is 17.0 Å². The Morgan fingerprint density at radius 3 is 2.63 bits per heavy atom. The van der Waals surface area contributed by atoms with Gasteiger partial charge in [-0.1, -0.05) is 12.1 Å². The first-order chi connectivity index (χ1) is 9.00. The molecule has 5 heteroatoms. The third-order valence-electron chi connectivity index (χ3n) is 2.74. The van der Waals surface area contributed by atoms with Crippen LogP contribution in [0.25, 0.3) is 0 Å². The first-order valence-corrected chi connectivity index (χ1v) is 6.37. The molecular weight excluding hydrogens is 311 g/mol. The van der Waals surface area contributed by atoms with Crippen molar-refractivity contribution in [3.8, 4) is 0 Å². The topological polar surface area (TPSA) is 46.3 Å². The molecule has 2 aromatic rings. The summed E-state index contributed by atoms with van der Waals surface area (Å²) in [6, 6.07) is 11.3. The van der Waals surface area contributed by atoms with Gasteiger partial charge >= 0.3 is 0 Å². The number of carbonyl (C=O) groups is 1. The van der Waals surface area contributed by atoms with Crippen molar-refractivity contribution in [2.45, 2.75) is 0 Å². The summed E-state index contributed by atoms with van der Waals surface area (Å²) in [5.74, 6) is -0.774. The van der Waals surface area contributed by atoms with E-state index in [0.717, 1.165) is 0 Å². The van der Waals surface area contributed by atoms with Gasteiger partial charge in [0.2, 0.25) is 0 Å². The average Bonchev–Trinajstić information content (AvgIpc) is 2.40. The standard InChI is InChI=1S/C14H12BrFN2O/c1-18(10-5-2-4-9(17)8-10)14(19)11-6-3-7-12(16)13(11)15/h2-8H,17H2,1H3. The van der Waals surface area contributed by atoms with Gasteiger partial charge < -0.3 is 10.6 Å². The summed E-state index contributed by atoms with van der Waals surface area (Å²) in [7, 11) is 1.62. The van der Waals surface area contributed by atoms with Crippen LogP contribution in [0.5, 0.6) is 0 Å². The van der Waals surface area contributed by atoms with Crippen LogP contribution in [0, 0.1) is 5.82 Å². The molecule has 0 radical (unpaired) electrons. The maximum Gasteiger partial charge on any atom is 0.259 e. The van der Waals surface area contributed by atoms with E-state index in [1.807, 2.05) is 0 Å². The molecule has 0 unspecified atom stereocenters. The summed E-state index contributed by atoms with van der Waals surface area (Å²) in [4.78, 5) is 13.7. The quantitative estimate of drug-likeness (QED) is 0.861. The molecule has 0 saturated carbocycles. The minimum Gasteiger partial charge on any atom is -0.399 e. The Bertz CT molecular complexity index is 631. The zero-order chi connectivity index (χ0) is 14.0. The number of nitrogens with zero attached hydrogens (tertiary/aromatic N) is 1. The highest BCUT2D eigenvalue weighted by molar-refractivity contribution is 9.10. The van der Waals surface area contributed by atoms with Crippen LogP contribution >= 0.6 is 15.9 Å². The van der Waals surface area contributed by atoms with Gasteiger partial charge in [0, 0.05) is 18.4 Å². The summed E-state index contributed by atoms with van der Waals surface area (Å²) >= 11 is 3.09. The van der Waals surface area contributed by atoms with E-state index >= 15 is 0 Å². The molecule has 0 fully saturated rings. The Labute approximate surface area is 119 Å². The summed E-state index contributed by atoms with van der Waals surface area (Å²) < 4.78 is 13.6. The van der Waals surface area contributed by atoms with E-state index in [1.54, 1.807) is 37.4 Å². The Morgan fingerprint density at radius 2 is 1.95 bits per heavy atom. The molecule has 0 heterocycles. The van der Waals surface area contributed by atoms with Crippen LogP contribution in [0.15, 0.2) is 46.9 Å². The van der Waals surface area contributed by atoms with E-state index in [0.29, 0.717) is 11.4 Å². The molecule has 0 aromatic heterocycles. The molecular formula is C14H12BrFN2O. The number of nitrogen functional groups attached to an aromatic ring is 1. The normalized spacial score (nSPS) is 10.3. The third kappa shape index (κ3) is 2.76. The molecule has 98 valence electrons. The molecule has 0 saturated heterocycles. The van der Waals surface area contributed by atoms with Crippen LogP contribution in [0.2, 0.25) is 0 Å². The van der Waals surface area contributed by atoms with Gasteiger partial charge in [-0.2, -0.15) is 0 Å². The number of anilines is 2. The molecule has 2 aromatic carbocycles. The second kappa shape index (κ2) is 5.40. The van der Waals surface area contributed by atoms with E-state index in [4.69, 9.17) is 5.73 Å². The second-order valence-electron chi connectivity index (χ2n) is 4.06. The molecule has 1 amide bonds. The first kappa shape index (κ1) is 13.5. The van der Waals surface area contributed by atoms with Crippen molar-refractivity contribution in [1.29, 1.82) is 0 Å². The molecule has 0 atom stereocenters. The lowest BCUT2D eigenvalue weighted by atomic mass is 10.2. The third-order valence-corrected chi connectivity index (χ3v) is 3.55. The van der Waals surface area contributed by atoms with Crippen molar-refractivity contribution < 1.29 is 9.18 Å². The predicted octanol–water partition coefficient (Wildman–Crippen LogP) is 3.45. The van der Waals surface area contributed by atoms with E-state index < -0.39 is 5.82 Å². The number of rotatable bonds is 2. The Balaban J connectivity index is 2.36. The first-order valence-electron chi connectivity index (χ1n) is 5.58. The Morgan fingerprint density at radius 1 is 1.26 bits per heavy atom. The minimum absolute atomic E-state index is 0.163. The van der Waals surface area contributed by atoms with Crippen molar-refractivity contribution in [1.82, 2.24) is 0 Å². The van der Waals surface area contributed by atoms with Crippen molar-refractivity contribution in [3.63, 3.8) is 0 Å². The van der Waals surface area contributed by atoms with Gasteiger partial charge in [0.15, 0.2) is 0 Å². The molecule has 0 aliphatic carbocycles. The van der Waals surface area contributed by atoms with Gasteiger partial charge in [0.25, 0.3) is 5.91 Å². The smallest absolute Gasteiger partial charge is 0.259 e. The van der Waals surface area contributed by atoms with Gasteiger partial charge in [-0.25, -0.2) is 4.39 Å². The lowest BCUT2D eigenvalue weighted by molar-refractivity contribution is 0.0992. The van der Waals surface area contributed by atoms with E-state index in [2.05, 4.69) is 15.9 Å². The van der Waals surface area contributed by atoms with Gasteiger partial charge in [-0.15, -0.1) is 0 Å². The summed E-state index contributed by atoms with van der Waals surface area (Å²) in [6.45, 7) is 0. The predicted molar refractivity (Wildman–Crippen MR) is 77.7 cm³/mol. The molecule has 2 N–H and O–H groups in total. The molecule has 0 spiro atoms. The van der Waals surface area contributed by atoms with Crippen LogP contribution in [0.3, 0.4) is 0 Å². The summed E-state index contributed by atoms with van der Waals surface area (Å²) in [6.07, 6.45) is 0. The monoisotopic (exact) mass is 322 g/mol. The fourth-order valence-electron chi connectivity index (χ4n) is 1.70. The van der Waals surface area contributed by atoms with Crippen LogP contribution in [-0.2, 0) is 0 Å². The van der Waals surface area contributed by atoms with Gasteiger partial charge in [0.05, 0.1) is 10.0 Å². The Kier molecular flexibility index (Phi) is 3.85. The highest BCUT2D eigenvalue weighted by Gasteiger charge is 2.18. The SMILES string of the molecule is CN(C(=O)c1cccc(F)c1Br)c1cccc(N)c1. The van der Waals surface area contributed by atoms with Gasteiger partial charge in [0.1, 0.15) is 5.82 Å². The number of amides is 1. The lowest BCUT2D eigenvalue weighted by Gasteiger charge is -2.18. The largest absolute Gasteiger partial charge is 0.399 e. The van der Waals surface area contributed by atoms with Crippen LogP contribution < -0.4 is 10.6 Å². The average molecular weight is 323 g/mol. The van der Waals surface area contributed by atoms with Crippen LogP contribution in [-0.4, -0.2) is 13.0 Å². The molecule has 0 bridgehead atoms. The second-order valence-corrected chi connectivity index (χ2v) is 4.85. The molecule has 0 aliphatic heterocycles. The van der Waals surface area contributed by atoms with Gasteiger partial charge in [-0.05, 0) is 46.3 Å². The van der Waals surface area contributed by atoms with Crippen molar-refractivity contribution >= 4 is 33.2 Å². The highest BCUT2D eigenvalue weighted by Crippen LogP contribution is 2.24. The van der Waals surface area contributed by atoms with E-state index in [9.17, 15) is 9.18 Å². The fourth-order valence-corrected chi connectivity index (χ4v) is 2.13. The molecule has 19 heavy (non-hydrogen) atoms. The maximum absolute atomic E-state index is 13.4. The Hall–Kier alpha value is -1.88. The molecule has 2 rings (SSSR count). The van der Waals surface area contributed by atoms with Crippen molar-refractivity contribution in [2.24, 2.45) is 0 Å². The zero-order valence-corrected chi connectivity index (χ0v) is 11.8. The number of halogens is 2. The number of hydrogen-bond acceptors (Lipinski definition) is 2. The number of nitrogens with two attached hydrogens (primary N) is 1. The summed E-state index contributed by atoms with van der Waals surface area (Å²) in [5, 5.41) is 0. The summed E-state index contributed by atoms with van der Waals surface area (Å²) in [5.41, 5.74) is 7.17. The van der Waals surface area contributed by atoms with E-state index in [-0.39, 0.29) is 15.9 Å². The van der Waals surface area contributed by atoms with Gasteiger partial charge in [-0.3, -0.25) is 4.79 Å². The van der Waals surface area contributed by atoms with Crippen LogP contribution in [0.4, 0.5) is 15.8 Å². The number of carbonyl (C=O) groups excluding carboxylic acids is 1. The number of benzene rings is 2. The molecule has 3 nitrogen and oxygen atoms in total. The minimum atomic E-state index is -0.466. The maximum atomic E-state index is 13.4. The van der Waals surface area contributed by atoms with Crippen molar-refractivity contribution in [2.75, 3.05) is 17.7 Å². The molecule has 0 aliphatic rings. The van der Waals surface area contributed by atoms with Crippen molar-refractivity contribution in [3.05, 3.63) is 58.3 Å². The number of hydrogen-bond donors (Lipinski definition) is 1. The van der Waals surface area contributed by atoms with Crippen LogP contribution in [0.1, 0.15) is 10.4 Å². The zero-order valence-electron chi connectivity index (χ0n) is 10.2. The highest BCUT2D eigenvalue weighted by atomic mass is 79.9. The lowest BCUT2D eigenvalue weighted by Crippen LogP contribution is -2.26.